The van der Waals surface area contributed by atoms with Crippen molar-refractivity contribution in [2.75, 3.05) is 0 Å². The third kappa shape index (κ3) is 514. The molecule has 0 saturated heterocycles. The maximum absolute atomic E-state index is 8.80. The molecule has 0 aliphatic rings. The molecule has 0 radical (unpaired) electrons. The summed E-state index contributed by atoms with van der Waals surface area (Å²) in [5, 5.41) is 0. The minimum absolute atomic E-state index is 0. The zero-order valence-corrected chi connectivity index (χ0v) is 20.7. The average Bonchev–Trinajstić information content (AvgIpc) is 1.41. The summed E-state index contributed by atoms with van der Waals surface area (Å²) < 4.78 is 0. The minimum atomic E-state index is -5.61. The normalized spacial score (nSPS) is 9.47. The van der Waals surface area contributed by atoms with Gasteiger partial charge in [0.2, 0.25) is 0 Å². The van der Waals surface area contributed by atoms with Crippen LogP contribution in [0, 0.1) is 0 Å². The van der Waals surface area contributed by atoms with E-state index in [1.807, 2.05) is 0 Å². The van der Waals surface area contributed by atoms with Crippen molar-refractivity contribution in [1.29, 1.82) is 0 Å². The van der Waals surface area contributed by atoms with Crippen molar-refractivity contribution in [2.45, 2.75) is 0 Å². The molecule has 0 spiro atoms. The van der Waals surface area contributed by atoms with Gasteiger partial charge in [-0.15, -0.1) is 0 Å². The minimum Gasteiger partial charge on any atom is -0.894 e. The molecule has 0 heterocycles. The summed E-state index contributed by atoms with van der Waals surface area (Å²) in [5.74, 6) is 0. The molecule has 0 rings (SSSR count). The van der Waals surface area contributed by atoms with E-state index in [1.165, 1.54) is 0 Å². The molecule has 6 N–H and O–H groups in total. The first kappa shape index (κ1) is 43.6. The van der Waals surface area contributed by atoms with Crippen LogP contribution in [-0.2, 0) is 0 Å². The number of rotatable bonds is 0. The standard InChI is InChI=1S/Ca.Mg.2Na.H4O4Si.H2O4Si.O4Si/c;;;;3*1-5(2,3)4/h;;;;1-4H;1-2H;/q2*+2;2*+1;;-2;-4. The molecule has 0 aliphatic heterocycles. The zero-order chi connectivity index (χ0) is 13.5. The predicted octanol–water partition coefficient (Wildman–Crippen LogP) is -18.4. The molecule has 0 amide bonds. The van der Waals surface area contributed by atoms with Crippen LogP contribution < -0.4 is 87.9 Å². The average molecular weight is 393 g/mol. The van der Waals surface area contributed by atoms with E-state index in [1.54, 1.807) is 0 Å². The van der Waals surface area contributed by atoms with Crippen LogP contribution in [0.15, 0.2) is 0 Å². The van der Waals surface area contributed by atoms with Crippen molar-refractivity contribution in [3.8, 4) is 0 Å². The van der Waals surface area contributed by atoms with Crippen LogP contribution in [-0.4, -0.2) is 117 Å². The zero-order valence-electron chi connectivity index (χ0n) is 10.0. The summed E-state index contributed by atoms with van der Waals surface area (Å²) in [6, 6.07) is 0. The van der Waals surface area contributed by atoms with E-state index in [2.05, 4.69) is 0 Å². The summed E-state index contributed by atoms with van der Waals surface area (Å²) >= 11 is 0. The summed E-state index contributed by atoms with van der Waals surface area (Å²) in [7, 11) is -15.3. The van der Waals surface area contributed by atoms with E-state index in [0.717, 1.165) is 0 Å². The van der Waals surface area contributed by atoms with E-state index in [9.17, 15) is 0 Å². The Kier molecular flexibility index (Phi) is 46.4. The van der Waals surface area contributed by atoms with E-state index in [-0.39, 0.29) is 120 Å². The fourth-order valence-electron chi connectivity index (χ4n) is 0. The van der Waals surface area contributed by atoms with Crippen molar-refractivity contribution in [2.24, 2.45) is 0 Å². The van der Waals surface area contributed by atoms with Gasteiger partial charge in [0.25, 0.3) is 0 Å². The molecule has 0 aromatic heterocycles. The summed E-state index contributed by atoms with van der Waals surface area (Å²) in [6.07, 6.45) is 0. The molecule has 19 heavy (non-hydrogen) atoms. The van der Waals surface area contributed by atoms with Gasteiger partial charge in [-0.25, -0.2) is 0 Å². The Balaban J connectivity index is -0.0000000206. The molecular formula is H6CaMgNa2O12Si3. The second-order valence-corrected chi connectivity index (χ2v) is 4.95. The molecule has 0 aromatic carbocycles. The van der Waals surface area contributed by atoms with Crippen LogP contribution in [0.25, 0.3) is 0 Å². The van der Waals surface area contributed by atoms with Crippen molar-refractivity contribution >= 4 is 87.9 Å². The number of hydrogen-bond donors (Lipinski definition) is 6. The topological polar surface area (TPSA) is 260 Å². The van der Waals surface area contributed by atoms with Crippen molar-refractivity contribution < 1.29 is 117 Å². The fraction of sp³-hybridized carbons (Fsp3) is 0. The first-order valence-corrected chi connectivity index (χ1v) is 7.70. The van der Waals surface area contributed by atoms with Gasteiger partial charge >= 0.3 is 129 Å². The monoisotopic (exact) mass is 392 g/mol. The second kappa shape index (κ2) is 20.2. The Hall–Kier alpha value is 4.20. The molecule has 0 saturated carbocycles. The van der Waals surface area contributed by atoms with Crippen LogP contribution >= 0.6 is 0 Å². The molecule has 0 unspecified atom stereocenters. The van der Waals surface area contributed by atoms with Gasteiger partial charge < -0.3 is 66.6 Å². The Labute approximate surface area is 201 Å². The van der Waals surface area contributed by atoms with Gasteiger partial charge in [0, 0.05) is 0 Å². The molecular weight excluding hydrogens is 387 g/mol. The SMILES string of the molecule is O[Si](O)(O)O.[Ca+2].[Mg+2].[Na+].[Na+].[O-][Si]([O-])(O)O.[O-][Si]([O-])([O-])[O-]. The molecule has 96 valence electrons. The second-order valence-electron chi connectivity index (χ2n) is 1.65. The van der Waals surface area contributed by atoms with E-state index >= 15 is 0 Å². The quantitative estimate of drug-likeness (QED) is 0.210. The summed E-state index contributed by atoms with van der Waals surface area (Å²) in [6.45, 7) is 0. The van der Waals surface area contributed by atoms with Gasteiger partial charge in [0.1, 0.15) is 9.05 Å². The van der Waals surface area contributed by atoms with Gasteiger partial charge in [0.15, 0.2) is 0 Å². The predicted molar refractivity (Wildman–Crippen MR) is 42.1 cm³/mol. The van der Waals surface area contributed by atoms with Crippen LogP contribution in [0.2, 0.25) is 0 Å². The van der Waals surface area contributed by atoms with Gasteiger partial charge in [-0.1, -0.05) is 0 Å². The van der Waals surface area contributed by atoms with Gasteiger partial charge in [-0.05, 0) is 0 Å². The third-order valence-electron chi connectivity index (χ3n) is 0. The van der Waals surface area contributed by atoms with E-state index in [4.69, 9.17) is 57.5 Å². The Morgan fingerprint density at radius 3 is 0.579 bits per heavy atom. The maximum Gasteiger partial charge on any atom is 2.00 e. The van der Waals surface area contributed by atoms with E-state index in [0.29, 0.717) is 0 Å². The largest absolute Gasteiger partial charge is 2.00 e. The molecule has 19 heteroatoms. The molecule has 0 bridgehead atoms. The van der Waals surface area contributed by atoms with Crippen LogP contribution in [0.5, 0.6) is 0 Å². The maximum atomic E-state index is 8.80. The van der Waals surface area contributed by atoms with Crippen LogP contribution in [0.1, 0.15) is 0 Å². The van der Waals surface area contributed by atoms with Gasteiger partial charge in [-0.2, -0.15) is 0 Å². The third-order valence-corrected chi connectivity index (χ3v) is 0. The summed E-state index contributed by atoms with van der Waals surface area (Å²) in [4.78, 5) is 95.4. The van der Waals surface area contributed by atoms with Crippen molar-refractivity contribution in [1.82, 2.24) is 0 Å². The van der Waals surface area contributed by atoms with Crippen molar-refractivity contribution in [3.63, 3.8) is 0 Å². The summed E-state index contributed by atoms with van der Waals surface area (Å²) in [5.41, 5.74) is 0. The molecule has 0 fully saturated rings. The van der Waals surface area contributed by atoms with E-state index < -0.39 is 27.1 Å². The Morgan fingerprint density at radius 2 is 0.579 bits per heavy atom. The van der Waals surface area contributed by atoms with Crippen molar-refractivity contribution in [3.05, 3.63) is 0 Å². The fourth-order valence-corrected chi connectivity index (χ4v) is 0. The molecule has 0 aliphatic carbocycles. The first-order chi connectivity index (χ1) is 6.00. The molecule has 12 nitrogen and oxygen atoms in total. The molecule has 0 atom stereocenters. The Bertz CT molecular complexity index is 106. The molecule has 0 aromatic rings. The first-order valence-electron chi connectivity index (χ1n) is 2.57. The van der Waals surface area contributed by atoms with Gasteiger partial charge in [0.05, 0.1) is 0 Å². The van der Waals surface area contributed by atoms with Gasteiger partial charge in [-0.3, -0.25) is 0 Å². The van der Waals surface area contributed by atoms with Crippen LogP contribution in [0.4, 0.5) is 0 Å². The van der Waals surface area contributed by atoms with Crippen LogP contribution in [0.3, 0.4) is 0 Å². The smallest absolute Gasteiger partial charge is 0.894 e. The number of hydrogen-bond acceptors (Lipinski definition) is 12. The Morgan fingerprint density at radius 1 is 0.579 bits per heavy atom.